The van der Waals surface area contributed by atoms with Crippen LogP contribution >= 0.6 is 0 Å². The summed E-state index contributed by atoms with van der Waals surface area (Å²) in [5, 5.41) is 0. The van der Waals surface area contributed by atoms with Gasteiger partial charge in [-0.25, -0.2) is 4.98 Å². The van der Waals surface area contributed by atoms with Gasteiger partial charge in [-0.05, 0) is 35.7 Å². The van der Waals surface area contributed by atoms with Crippen LogP contribution in [0.25, 0.3) is 11.1 Å². The first-order valence-corrected chi connectivity index (χ1v) is 5.35. The molecule has 82 valence electrons. The van der Waals surface area contributed by atoms with Gasteiger partial charge >= 0.3 is 0 Å². The molecule has 0 unspecified atom stereocenters. The maximum Gasteiger partial charge on any atom is 0.123 e. The molecule has 0 spiro atoms. The van der Waals surface area contributed by atoms with Crippen LogP contribution in [0.2, 0.25) is 0 Å². The number of nitrogens with zero attached hydrogens (tertiary/aromatic N) is 2. The van der Waals surface area contributed by atoms with Crippen molar-refractivity contribution in [2.75, 3.05) is 5.73 Å². The first-order valence-electron chi connectivity index (χ1n) is 5.35. The highest BCUT2D eigenvalue weighted by molar-refractivity contribution is 5.67. The van der Waals surface area contributed by atoms with Crippen LogP contribution in [0.15, 0.2) is 36.7 Å². The van der Waals surface area contributed by atoms with Crippen LogP contribution in [0.1, 0.15) is 25.5 Å². The number of anilines is 1. The summed E-state index contributed by atoms with van der Waals surface area (Å²) in [6.07, 6.45) is 3.57. The summed E-state index contributed by atoms with van der Waals surface area (Å²) in [7, 11) is 0. The van der Waals surface area contributed by atoms with Crippen molar-refractivity contribution in [3.05, 3.63) is 42.4 Å². The van der Waals surface area contributed by atoms with E-state index in [2.05, 4.69) is 23.8 Å². The molecule has 0 amide bonds. The Balaban J connectivity index is 2.57. The van der Waals surface area contributed by atoms with Gasteiger partial charge in [-0.3, -0.25) is 4.98 Å². The van der Waals surface area contributed by atoms with Gasteiger partial charge in [0.05, 0.1) is 5.69 Å². The zero-order valence-electron chi connectivity index (χ0n) is 9.51. The summed E-state index contributed by atoms with van der Waals surface area (Å²) in [5.74, 6) is 0.924. The van der Waals surface area contributed by atoms with Crippen molar-refractivity contribution in [2.45, 2.75) is 19.8 Å². The number of rotatable bonds is 2. The third kappa shape index (κ3) is 2.03. The van der Waals surface area contributed by atoms with Gasteiger partial charge in [0.1, 0.15) is 5.82 Å². The summed E-state index contributed by atoms with van der Waals surface area (Å²) in [5.41, 5.74) is 9.02. The Kier molecular flexibility index (Phi) is 2.86. The molecule has 2 aromatic rings. The molecule has 0 radical (unpaired) electrons. The fourth-order valence-electron chi connectivity index (χ4n) is 1.71. The summed E-state index contributed by atoms with van der Waals surface area (Å²) in [4.78, 5) is 8.42. The Hall–Kier alpha value is -1.90. The fraction of sp³-hybridized carbons (Fsp3) is 0.231. The minimum Gasteiger partial charge on any atom is -0.384 e. The van der Waals surface area contributed by atoms with Gasteiger partial charge in [-0.2, -0.15) is 0 Å². The topological polar surface area (TPSA) is 51.8 Å². The lowest BCUT2D eigenvalue weighted by atomic mass is 9.98. The number of nitrogen functional groups attached to an aromatic ring is 1. The molecule has 0 saturated carbocycles. The van der Waals surface area contributed by atoms with Crippen LogP contribution in [-0.4, -0.2) is 9.97 Å². The standard InChI is InChI=1S/C13H15N3/c1-9(2)13-11(3-4-12(14)16-13)10-5-7-15-8-6-10/h3-9H,1-2H3,(H2,14,16). The van der Waals surface area contributed by atoms with E-state index in [0.717, 1.165) is 16.8 Å². The monoisotopic (exact) mass is 213 g/mol. The summed E-state index contributed by atoms with van der Waals surface area (Å²) in [6.45, 7) is 4.24. The van der Waals surface area contributed by atoms with Crippen molar-refractivity contribution < 1.29 is 0 Å². The third-order valence-corrected chi connectivity index (χ3v) is 2.48. The number of hydrogen-bond donors (Lipinski definition) is 1. The van der Waals surface area contributed by atoms with Crippen molar-refractivity contribution in [3.8, 4) is 11.1 Å². The van der Waals surface area contributed by atoms with E-state index in [1.165, 1.54) is 0 Å². The lowest BCUT2D eigenvalue weighted by Crippen LogP contribution is -2.00. The Morgan fingerprint density at radius 2 is 1.75 bits per heavy atom. The van der Waals surface area contributed by atoms with Crippen molar-refractivity contribution >= 4 is 5.82 Å². The average Bonchev–Trinajstić information content (AvgIpc) is 2.30. The van der Waals surface area contributed by atoms with Crippen LogP contribution in [0, 0.1) is 0 Å². The first kappa shape index (κ1) is 10.6. The maximum absolute atomic E-state index is 5.72. The summed E-state index contributed by atoms with van der Waals surface area (Å²) < 4.78 is 0. The van der Waals surface area contributed by atoms with Crippen LogP contribution in [0.3, 0.4) is 0 Å². The minimum atomic E-state index is 0.353. The van der Waals surface area contributed by atoms with Gasteiger partial charge in [0.25, 0.3) is 0 Å². The van der Waals surface area contributed by atoms with Gasteiger partial charge in [0.15, 0.2) is 0 Å². The molecule has 0 aliphatic rings. The highest BCUT2D eigenvalue weighted by Gasteiger charge is 2.10. The lowest BCUT2D eigenvalue weighted by molar-refractivity contribution is 0.828. The predicted molar refractivity (Wildman–Crippen MR) is 66.0 cm³/mol. The largest absolute Gasteiger partial charge is 0.384 e. The zero-order chi connectivity index (χ0) is 11.5. The maximum atomic E-state index is 5.72. The fourth-order valence-corrected chi connectivity index (χ4v) is 1.71. The zero-order valence-corrected chi connectivity index (χ0v) is 9.51. The highest BCUT2D eigenvalue weighted by atomic mass is 14.8. The van der Waals surface area contributed by atoms with Crippen molar-refractivity contribution in [1.82, 2.24) is 9.97 Å². The Morgan fingerprint density at radius 3 is 2.38 bits per heavy atom. The van der Waals surface area contributed by atoms with E-state index in [1.54, 1.807) is 12.4 Å². The summed E-state index contributed by atoms with van der Waals surface area (Å²) in [6, 6.07) is 7.83. The van der Waals surface area contributed by atoms with E-state index in [0.29, 0.717) is 11.7 Å². The molecule has 0 saturated heterocycles. The molecule has 3 nitrogen and oxygen atoms in total. The van der Waals surface area contributed by atoms with Crippen molar-refractivity contribution in [3.63, 3.8) is 0 Å². The van der Waals surface area contributed by atoms with Crippen LogP contribution < -0.4 is 5.73 Å². The molecule has 0 atom stereocenters. The van der Waals surface area contributed by atoms with Crippen LogP contribution in [0.5, 0.6) is 0 Å². The molecule has 0 bridgehead atoms. The van der Waals surface area contributed by atoms with Crippen molar-refractivity contribution in [2.24, 2.45) is 0 Å². The molecule has 0 aromatic carbocycles. The van der Waals surface area contributed by atoms with Gasteiger partial charge in [0, 0.05) is 18.0 Å². The molecule has 0 aliphatic heterocycles. The van der Waals surface area contributed by atoms with Crippen LogP contribution in [0.4, 0.5) is 5.82 Å². The number of hydrogen-bond acceptors (Lipinski definition) is 3. The quantitative estimate of drug-likeness (QED) is 0.834. The highest BCUT2D eigenvalue weighted by Crippen LogP contribution is 2.27. The Bertz CT molecular complexity index is 478. The molecule has 3 heteroatoms. The first-order chi connectivity index (χ1) is 7.68. The molecule has 2 aromatic heterocycles. The SMILES string of the molecule is CC(C)c1nc(N)ccc1-c1ccncc1. The molecular weight excluding hydrogens is 198 g/mol. The van der Waals surface area contributed by atoms with Gasteiger partial charge in [-0.15, -0.1) is 0 Å². The van der Waals surface area contributed by atoms with E-state index in [-0.39, 0.29) is 0 Å². The Morgan fingerprint density at radius 1 is 1.06 bits per heavy atom. The lowest BCUT2D eigenvalue weighted by Gasteiger charge is -2.12. The van der Waals surface area contributed by atoms with E-state index in [9.17, 15) is 0 Å². The van der Waals surface area contributed by atoms with E-state index in [1.807, 2.05) is 24.3 Å². The van der Waals surface area contributed by atoms with E-state index >= 15 is 0 Å². The van der Waals surface area contributed by atoms with Gasteiger partial charge < -0.3 is 5.73 Å². The molecular formula is C13H15N3. The predicted octanol–water partition coefficient (Wildman–Crippen LogP) is 2.85. The van der Waals surface area contributed by atoms with E-state index < -0.39 is 0 Å². The van der Waals surface area contributed by atoms with Gasteiger partial charge in [0.2, 0.25) is 0 Å². The third-order valence-electron chi connectivity index (χ3n) is 2.48. The molecule has 0 fully saturated rings. The molecule has 0 aliphatic carbocycles. The smallest absolute Gasteiger partial charge is 0.123 e. The number of nitrogens with two attached hydrogens (primary N) is 1. The minimum absolute atomic E-state index is 0.353. The normalized spacial score (nSPS) is 10.7. The molecule has 2 N–H and O–H groups in total. The number of aromatic nitrogens is 2. The second-order valence-electron chi connectivity index (χ2n) is 4.06. The van der Waals surface area contributed by atoms with Crippen molar-refractivity contribution in [1.29, 1.82) is 0 Å². The molecule has 2 heterocycles. The summed E-state index contributed by atoms with van der Waals surface area (Å²) >= 11 is 0. The van der Waals surface area contributed by atoms with Gasteiger partial charge in [-0.1, -0.05) is 13.8 Å². The molecule has 2 rings (SSSR count). The molecule has 16 heavy (non-hydrogen) atoms. The Labute approximate surface area is 95.4 Å². The average molecular weight is 213 g/mol. The van der Waals surface area contributed by atoms with Crippen LogP contribution in [-0.2, 0) is 0 Å². The second kappa shape index (κ2) is 4.31. The number of pyridine rings is 2. The van der Waals surface area contributed by atoms with E-state index in [4.69, 9.17) is 5.73 Å². The second-order valence-corrected chi connectivity index (χ2v) is 4.06.